The minimum atomic E-state index is -2.71. The summed E-state index contributed by atoms with van der Waals surface area (Å²) in [6.07, 6.45) is 0.172. The second-order valence-corrected chi connectivity index (χ2v) is 12.5. The molecule has 3 unspecified atom stereocenters. The van der Waals surface area contributed by atoms with Gasteiger partial charge in [0.05, 0.1) is 18.6 Å². The Morgan fingerprint density at radius 2 is 1.65 bits per heavy atom. The number of Topliss-reactive ketones (excluding diaryl/α,β-unsaturated/α-hetero) is 5. The number of aliphatic hydroxyl groups is 1. The molecule has 2 saturated carbocycles. The van der Waals surface area contributed by atoms with Crippen LogP contribution in [-0.4, -0.2) is 51.8 Å². The predicted molar refractivity (Wildman–Crippen MR) is 145 cm³/mol. The van der Waals surface area contributed by atoms with Crippen LogP contribution in [0.5, 0.6) is 11.5 Å². The molecule has 8 nitrogen and oxygen atoms in total. The first-order chi connectivity index (χ1) is 18.7. The van der Waals surface area contributed by atoms with E-state index in [1.54, 1.807) is 39.8 Å². The van der Waals surface area contributed by atoms with Gasteiger partial charge in [-0.2, -0.15) is 0 Å². The van der Waals surface area contributed by atoms with E-state index >= 15 is 0 Å². The van der Waals surface area contributed by atoms with E-state index < -0.39 is 69.0 Å². The Labute approximate surface area is 232 Å². The van der Waals surface area contributed by atoms with E-state index in [9.17, 15) is 34.2 Å². The number of ketones is 5. The zero-order chi connectivity index (χ0) is 29.5. The summed E-state index contributed by atoms with van der Waals surface area (Å²) < 4.78 is 5.55. The van der Waals surface area contributed by atoms with Gasteiger partial charge in [0.15, 0.2) is 28.7 Å². The van der Waals surface area contributed by atoms with Crippen molar-refractivity contribution in [2.45, 2.75) is 53.1 Å². The van der Waals surface area contributed by atoms with E-state index in [0.29, 0.717) is 22.4 Å². The van der Waals surface area contributed by atoms with Crippen LogP contribution in [0.15, 0.2) is 36.4 Å². The van der Waals surface area contributed by atoms with Gasteiger partial charge in [-0.3, -0.25) is 24.0 Å². The van der Waals surface area contributed by atoms with Crippen LogP contribution in [0.3, 0.4) is 0 Å². The molecule has 3 aliphatic rings. The second kappa shape index (κ2) is 8.93. The Kier molecular flexibility index (Phi) is 6.23. The van der Waals surface area contributed by atoms with E-state index in [-0.39, 0.29) is 24.2 Å². The monoisotopic (exact) mass is 546 g/mol. The number of phenolic OH excluding ortho intramolecular Hbond substituents is 1. The lowest BCUT2D eigenvalue weighted by Crippen LogP contribution is -2.76. The molecule has 40 heavy (non-hydrogen) atoms. The predicted octanol–water partition coefficient (Wildman–Crippen LogP) is 3.77. The summed E-state index contributed by atoms with van der Waals surface area (Å²) in [5, 5.41) is 23.0. The molecule has 210 valence electrons. The minimum Gasteiger partial charge on any atom is -0.507 e. The molecule has 0 aliphatic heterocycles. The van der Waals surface area contributed by atoms with Crippen molar-refractivity contribution in [2.75, 3.05) is 7.11 Å². The molecule has 8 heteroatoms. The van der Waals surface area contributed by atoms with Gasteiger partial charge in [0, 0.05) is 16.9 Å². The lowest BCUT2D eigenvalue weighted by atomic mass is 9.40. The van der Waals surface area contributed by atoms with Crippen molar-refractivity contribution in [1.29, 1.82) is 0 Å². The molecule has 0 aromatic heterocycles. The number of hydrogen-bond acceptors (Lipinski definition) is 8. The lowest BCUT2D eigenvalue weighted by Gasteiger charge is -2.61. The molecular formula is C32H34O8. The van der Waals surface area contributed by atoms with Gasteiger partial charge in [-0.05, 0) is 54.4 Å². The zero-order valence-corrected chi connectivity index (χ0v) is 23.5. The van der Waals surface area contributed by atoms with Gasteiger partial charge in [0.25, 0.3) is 0 Å². The van der Waals surface area contributed by atoms with Gasteiger partial charge in [-0.25, -0.2) is 0 Å². The summed E-state index contributed by atoms with van der Waals surface area (Å²) in [5.41, 5.74) is -3.50. The zero-order valence-electron chi connectivity index (χ0n) is 23.5. The number of benzene rings is 2. The summed E-state index contributed by atoms with van der Waals surface area (Å²) in [5.74, 6) is -8.50. The fourth-order valence-corrected chi connectivity index (χ4v) is 8.26. The number of fused-ring (bicyclic) bond motifs is 3. The van der Waals surface area contributed by atoms with Crippen molar-refractivity contribution in [2.24, 2.45) is 34.5 Å². The summed E-state index contributed by atoms with van der Waals surface area (Å²) in [4.78, 5) is 68.4. The lowest BCUT2D eigenvalue weighted by molar-refractivity contribution is -0.205. The third-order valence-electron chi connectivity index (χ3n) is 9.66. The van der Waals surface area contributed by atoms with Gasteiger partial charge in [-0.15, -0.1) is 0 Å². The highest BCUT2D eigenvalue weighted by atomic mass is 16.5. The largest absolute Gasteiger partial charge is 0.507 e. The van der Waals surface area contributed by atoms with Gasteiger partial charge in [-0.1, -0.05) is 52.0 Å². The molecular weight excluding hydrogens is 512 g/mol. The number of phenols is 1. The standard InChI is InChI=1S/C32H34O8/c1-15(2)24-26(35)22(16(3)33)28(37)32(39)29(38)25-27(36)23-19(13-30(25,4)14-31(24,32)5)17(11-12-20(23)34)18-9-7-8-10-21(18)40-6/h7-12,15,22,24-25,34,39H,13-14H2,1-6H3/t22?,24?,25?,30-,31-,32+/m1/s1. The van der Waals surface area contributed by atoms with Gasteiger partial charge in [0.1, 0.15) is 23.2 Å². The van der Waals surface area contributed by atoms with Crippen LogP contribution in [0.1, 0.15) is 57.0 Å². The Bertz CT molecular complexity index is 1500. The van der Waals surface area contributed by atoms with Crippen LogP contribution in [0.25, 0.3) is 11.1 Å². The van der Waals surface area contributed by atoms with Gasteiger partial charge in [0.2, 0.25) is 0 Å². The van der Waals surface area contributed by atoms with E-state index in [0.717, 1.165) is 6.92 Å². The van der Waals surface area contributed by atoms with Crippen LogP contribution in [0, 0.1) is 34.5 Å². The van der Waals surface area contributed by atoms with E-state index in [4.69, 9.17) is 4.74 Å². The SMILES string of the molecule is COc1ccccc1-c1ccc(O)c2c1C[C@]1(C)C[C@]3(C)C(C(C)C)C(=O)C(C(C)=O)C(=O)[C@]3(O)C(=O)C1C2=O. The van der Waals surface area contributed by atoms with Crippen LogP contribution < -0.4 is 4.74 Å². The van der Waals surface area contributed by atoms with Gasteiger partial charge >= 0.3 is 0 Å². The van der Waals surface area contributed by atoms with Gasteiger partial charge < -0.3 is 14.9 Å². The summed E-state index contributed by atoms with van der Waals surface area (Å²) in [6.45, 7) is 7.95. The first-order valence-corrected chi connectivity index (χ1v) is 13.5. The van der Waals surface area contributed by atoms with Crippen LogP contribution in [0.2, 0.25) is 0 Å². The molecule has 2 fully saturated rings. The van der Waals surface area contributed by atoms with E-state index in [1.165, 1.54) is 13.2 Å². The number of ether oxygens (including phenoxy) is 1. The third kappa shape index (κ3) is 3.38. The van der Waals surface area contributed by atoms with Crippen molar-refractivity contribution in [3.05, 3.63) is 47.5 Å². The van der Waals surface area contributed by atoms with Crippen molar-refractivity contribution < 1.29 is 38.9 Å². The number of para-hydroxylation sites is 1. The van der Waals surface area contributed by atoms with E-state index in [1.807, 2.05) is 18.2 Å². The normalized spacial score (nSPS) is 33.4. The topological polar surface area (TPSA) is 135 Å². The number of carbonyl (C=O) groups excluding carboxylic acids is 5. The molecule has 0 spiro atoms. The number of methoxy groups -OCH3 is 1. The first-order valence-electron chi connectivity index (χ1n) is 13.5. The molecule has 2 N–H and O–H groups in total. The fraction of sp³-hybridized carbons (Fsp3) is 0.469. The summed E-state index contributed by atoms with van der Waals surface area (Å²) >= 11 is 0. The van der Waals surface area contributed by atoms with Crippen LogP contribution in [0.4, 0.5) is 0 Å². The Balaban J connectivity index is 1.76. The summed E-state index contributed by atoms with van der Waals surface area (Å²) in [6, 6.07) is 10.4. The quantitative estimate of drug-likeness (QED) is 0.554. The Morgan fingerprint density at radius 3 is 2.25 bits per heavy atom. The number of carbonyl (C=O) groups is 5. The molecule has 0 radical (unpaired) electrons. The minimum absolute atomic E-state index is 0.00403. The molecule has 0 amide bonds. The molecule has 2 aromatic carbocycles. The van der Waals surface area contributed by atoms with Crippen molar-refractivity contribution in [3.8, 4) is 22.6 Å². The van der Waals surface area contributed by atoms with Crippen molar-refractivity contribution in [1.82, 2.24) is 0 Å². The molecule has 6 atom stereocenters. The van der Waals surface area contributed by atoms with Crippen LogP contribution in [-0.2, 0) is 25.6 Å². The molecule has 0 saturated heterocycles. The van der Waals surface area contributed by atoms with Crippen molar-refractivity contribution >= 4 is 28.9 Å². The first kappa shape index (κ1) is 27.9. The molecule has 0 bridgehead atoms. The maximum atomic E-state index is 14.4. The molecule has 0 heterocycles. The average molecular weight is 547 g/mol. The van der Waals surface area contributed by atoms with E-state index in [2.05, 4.69) is 0 Å². The fourth-order valence-electron chi connectivity index (χ4n) is 8.26. The Morgan fingerprint density at radius 1 is 1.00 bits per heavy atom. The number of aromatic hydroxyl groups is 1. The highest BCUT2D eigenvalue weighted by molar-refractivity contribution is 6.32. The maximum Gasteiger partial charge on any atom is 0.190 e. The average Bonchev–Trinajstić information content (AvgIpc) is 2.86. The van der Waals surface area contributed by atoms with Crippen molar-refractivity contribution in [3.63, 3.8) is 0 Å². The van der Waals surface area contributed by atoms with Crippen LogP contribution >= 0.6 is 0 Å². The third-order valence-corrected chi connectivity index (χ3v) is 9.66. The summed E-state index contributed by atoms with van der Waals surface area (Å²) in [7, 11) is 1.53. The highest BCUT2D eigenvalue weighted by Crippen LogP contribution is 2.64. The highest BCUT2D eigenvalue weighted by Gasteiger charge is 2.76. The smallest absolute Gasteiger partial charge is 0.190 e. The molecule has 5 rings (SSSR count). The number of hydrogen-bond donors (Lipinski definition) is 2. The maximum absolute atomic E-state index is 14.4. The Hall–Kier alpha value is -3.65. The molecule has 2 aromatic rings. The number of rotatable bonds is 4. The molecule has 3 aliphatic carbocycles. The second-order valence-electron chi connectivity index (χ2n) is 12.5.